The van der Waals surface area contributed by atoms with Gasteiger partial charge >= 0.3 is 0 Å². The van der Waals surface area contributed by atoms with Crippen LogP contribution in [0.2, 0.25) is 0 Å². The van der Waals surface area contributed by atoms with Gasteiger partial charge in [0.25, 0.3) is 0 Å². The number of aromatic nitrogens is 1. The van der Waals surface area contributed by atoms with Crippen molar-refractivity contribution in [1.82, 2.24) is 10.3 Å². The average Bonchev–Trinajstić information content (AvgIpc) is 2.70. The molecule has 27 heavy (non-hydrogen) atoms. The van der Waals surface area contributed by atoms with Crippen molar-refractivity contribution in [2.75, 3.05) is 6.54 Å². The molecule has 0 spiro atoms. The van der Waals surface area contributed by atoms with Crippen molar-refractivity contribution < 1.29 is 9.53 Å². The molecule has 1 heterocycles. The minimum Gasteiger partial charge on any atom is -0.439 e. The van der Waals surface area contributed by atoms with Gasteiger partial charge in [-0.1, -0.05) is 49.4 Å². The second kappa shape index (κ2) is 8.96. The highest BCUT2D eigenvalue weighted by molar-refractivity contribution is 5.92. The maximum atomic E-state index is 11.1. The number of carbonyl (C=O) groups is 1. The SMILES string of the molecule is CC(CNCc1ccccc1)c1ccc(Oc2ccc(C(N)=O)cn2)cc1. The van der Waals surface area contributed by atoms with Crippen molar-refractivity contribution >= 4 is 5.91 Å². The number of ether oxygens (including phenoxy) is 1. The largest absolute Gasteiger partial charge is 0.439 e. The van der Waals surface area contributed by atoms with E-state index < -0.39 is 5.91 Å². The minimum absolute atomic E-state index is 0.356. The Hall–Kier alpha value is -3.18. The summed E-state index contributed by atoms with van der Waals surface area (Å²) in [5.41, 5.74) is 8.08. The van der Waals surface area contributed by atoms with Crippen LogP contribution in [-0.4, -0.2) is 17.4 Å². The summed E-state index contributed by atoms with van der Waals surface area (Å²) in [4.78, 5) is 15.2. The maximum absolute atomic E-state index is 11.1. The first-order chi connectivity index (χ1) is 13.1. The Bertz CT molecular complexity index is 862. The standard InChI is InChI=1S/C22H23N3O2/c1-16(13-24-14-17-5-3-2-4-6-17)18-7-10-20(11-8-18)27-21-12-9-19(15-25-21)22(23)26/h2-12,15-16,24H,13-14H2,1H3,(H2,23,26). The lowest BCUT2D eigenvalue weighted by Gasteiger charge is -2.14. The van der Waals surface area contributed by atoms with Gasteiger partial charge in [-0.25, -0.2) is 4.98 Å². The summed E-state index contributed by atoms with van der Waals surface area (Å²) >= 11 is 0. The van der Waals surface area contributed by atoms with Crippen LogP contribution >= 0.6 is 0 Å². The van der Waals surface area contributed by atoms with E-state index in [9.17, 15) is 4.79 Å². The van der Waals surface area contributed by atoms with Crippen molar-refractivity contribution in [2.45, 2.75) is 19.4 Å². The lowest BCUT2D eigenvalue weighted by molar-refractivity contribution is 0.1000. The number of hydrogen-bond donors (Lipinski definition) is 2. The van der Waals surface area contributed by atoms with Crippen molar-refractivity contribution in [3.05, 3.63) is 89.6 Å². The topological polar surface area (TPSA) is 77.2 Å². The van der Waals surface area contributed by atoms with Crippen LogP contribution in [-0.2, 0) is 6.54 Å². The molecule has 0 saturated heterocycles. The van der Waals surface area contributed by atoms with Gasteiger partial charge in [-0.15, -0.1) is 0 Å². The molecule has 0 bridgehead atoms. The summed E-state index contributed by atoms with van der Waals surface area (Å²) in [7, 11) is 0. The number of pyridine rings is 1. The molecule has 1 unspecified atom stereocenters. The van der Waals surface area contributed by atoms with Crippen LogP contribution in [0, 0.1) is 0 Å². The molecule has 2 aromatic carbocycles. The molecule has 3 rings (SSSR count). The third-order valence-corrected chi connectivity index (χ3v) is 4.31. The van der Waals surface area contributed by atoms with Gasteiger partial charge in [-0.05, 0) is 35.2 Å². The lowest BCUT2D eigenvalue weighted by Crippen LogP contribution is -2.19. The van der Waals surface area contributed by atoms with Crippen LogP contribution in [0.25, 0.3) is 0 Å². The van der Waals surface area contributed by atoms with E-state index in [4.69, 9.17) is 10.5 Å². The van der Waals surface area contributed by atoms with E-state index in [1.54, 1.807) is 12.1 Å². The molecule has 138 valence electrons. The highest BCUT2D eigenvalue weighted by atomic mass is 16.5. The third-order valence-electron chi connectivity index (χ3n) is 4.31. The molecule has 5 heteroatoms. The highest BCUT2D eigenvalue weighted by Crippen LogP contribution is 2.23. The number of rotatable bonds is 8. The molecular formula is C22H23N3O2. The van der Waals surface area contributed by atoms with Crippen LogP contribution in [0.5, 0.6) is 11.6 Å². The lowest BCUT2D eigenvalue weighted by atomic mass is 10.0. The normalized spacial score (nSPS) is 11.7. The van der Waals surface area contributed by atoms with E-state index in [-0.39, 0.29) is 0 Å². The molecule has 0 fully saturated rings. The molecule has 0 aliphatic carbocycles. The molecule has 0 aliphatic rings. The van der Waals surface area contributed by atoms with E-state index in [2.05, 4.69) is 53.6 Å². The van der Waals surface area contributed by atoms with Gasteiger partial charge in [-0.2, -0.15) is 0 Å². The van der Waals surface area contributed by atoms with Gasteiger partial charge in [0.05, 0.1) is 5.56 Å². The Morgan fingerprint density at radius 2 is 1.81 bits per heavy atom. The fourth-order valence-corrected chi connectivity index (χ4v) is 2.72. The fourth-order valence-electron chi connectivity index (χ4n) is 2.72. The van der Waals surface area contributed by atoms with Crippen LogP contribution in [0.4, 0.5) is 0 Å². The Morgan fingerprint density at radius 3 is 2.44 bits per heavy atom. The summed E-state index contributed by atoms with van der Waals surface area (Å²) in [6.45, 7) is 3.95. The molecule has 3 aromatic rings. The molecule has 1 amide bonds. The molecule has 5 nitrogen and oxygen atoms in total. The molecule has 0 saturated carbocycles. The fraction of sp³-hybridized carbons (Fsp3) is 0.182. The van der Waals surface area contributed by atoms with E-state index in [0.717, 1.165) is 13.1 Å². The number of benzene rings is 2. The third kappa shape index (κ3) is 5.39. The number of nitrogens with zero attached hydrogens (tertiary/aromatic N) is 1. The van der Waals surface area contributed by atoms with Gasteiger partial charge in [0, 0.05) is 25.4 Å². The number of nitrogens with two attached hydrogens (primary N) is 1. The van der Waals surface area contributed by atoms with Gasteiger partial charge in [0.2, 0.25) is 11.8 Å². The van der Waals surface area contributed by atoms with E-state index in [1.165, 1.54) is 17.3 Å². The van der Waals surface area contributed by atoms with Crippen LogP contribution in [0.3, 0.4) is 0 Å². The second-order valence-electron chi connectivity index (χ2n) is 6.44. The zero-order valence-electron chi connectivity index (χ0n) is 15.3. The van der Waals surface area contributed by atoms with E-state index >= 15 is 0 Å². The Morgan fingerprint density at radius 1 is 1.07 bits per heavy atom. The summed E-state index contributed by atoms with van der Waals surface area (Å²) in [6.07, 6.45) is 1.41. The number of nitrogens with one attached hydrogen (secondary N) is 1. The Labute approximate surface area is 159 Å². The first-order valence-electron chi connectivity index (χ1n) is 8.90. The molecule has 3 N–H and O–H groups in total. The zero-order valence-corrected chi connectivity index (χ0v) is 15.3. The van der Waals surface area contributed by atoms with E-state index in [1.807, 2.05) is 18.2 Å². The van der Waals surface area contributed by atoms with Crippen molar-refractivity contribution in [3.63, 3.8) is 0 Å². The molecule has 0 radical (unpaired) electrons. The first-order valence-corrected chi connectivity index (χ1v) is 8.90. The van der Waals surface area contributed by atoms with Crippen molar-refractivity contribution in [3.8, 4) is 11.6 Å². The smallest absolute Gasteiger partial charge is 0.250 e. The maximum Gasteiger partial charge on any atom is 0.250 e. The van der Waals surface area contributed by atoms with Gasteiger partial charge < -0.3 is 15.8 Å². The summed E-state index contributed by atoms with van der Waals surface area (Å²) < 4.78 is 5.71. The number of carbonyl (C=O) groups excluding carboxylic acids is 1. The first kappa shape index (κ1) is 18.6. The van der Waals surface area contributed by atoms with Crippen molar-refractivity contribution in [1.29, 1.82) is 0 Å². The molecular weight excluding hydrogens is 338 g/mol. The quantitative estimate of drug-likeness (QED) is 0.638. The van der Waals surface area contributed by atoms with E-state index in [0.29, 0.717) is 23.1 Å². The van der Waals surface area contributed by atoms with Crippen molar-refractivity contribution in [2.24, 2.45) is 5.73 Å². The predicted molar refractivity (Wildman–Crippen MR) is 106 cm³/mol. The van der Waals surface area contributed by atoms with Gasteiger partial charge in [0.1, 0.15) is 5.75 Å². The monoisotopic (exact) mass is 361 g/mol. The van der Waals surface area contributed by atoms with Crippen LogP contribution in [0.15, 0.2) is 72.9 Å². The summed E-state index contributed by atoms with van der Waals surface area (Å²) in [6, 6.07) is 21.6. The minimum atomic E-state index is -0.506. The number of primary amides is 1. The summed E-state index contributed by atoms with van der Waals surface area (Å²) in [5, 5.41) is 3.49. The molecule has 1 aromatic heterocycles. The average molecular weight is 361 g/mol. The predicted octanol–water partition coefficient (Wildman–Crippen LogP) is 3.87. The Balaban J connectivity index is 1.52. The van der Waals surface area contributed by atoms with Gasteiger partial charge in [0.15, 0.2) is 0 Å². The molecule has 0 aliphatic heterocycles. The highest BCUT2D eigenvalue weighted by Gasteiger charge is 2.07. The second-order valence-corrected chi connectivity index (χ2v) is 6.44. The van der Waals surface area contributed by atoms with Crippen LogP contribution < -0.4 is 15.8 Å². The molecule has 1 atom stereocenters. The summed E-state index contributed by atoms with van der Waals surface area (Å²) in [5.74, 6) is 0.997. The van der Waals surface area contributed by atoms with Gasteiger partial charge in [-0.3, -0.25) is 4.79 Å². The number of amides is 1. The van der Waals surface area contributed by atoms with Crippen LogP contribution in [0.1, 0.15) is 34.3 Å². The zero-order chi connectivity index (χ0) is 19.1. The number of hydrogen-bond acceptors (Lipinski definition) is 4. The Kier molecular flexibility index (Phi) is 6.18.